The monoisotopic (exact) mass is 270 g/mol. The maximum atomic E-state index is 12.5. The van der Waals surface area contributed by atoms with Crippen LogP contribution in [-0.4, -0.2) is 27.8 Å². The number of hydrogen-bond acceptors (Lipinski definition) is 1. The lowest BCUT2D eigenvalue weighted by molar-refractivity contribution is -0.153. The molecule has 0 heterocycles. The largest absolute Gasteiger partial charge is 0.414 e. The normalized spacial score (nSPS) is 18.4. The summed E-state index contributed by atoms with van der Waals surface area (Å²) in [5, 5.41) is -1.52. The van der Waals surface area contributed by atoms with Crippen molar-refractivity contribution in [3.8, 4) is 0 Å². The van der Waals surface area contributed by atoms with Crippen molar-refractivity contribution < 1.29 is 17.6 Å². The highest BCUT2D eigenvalue weighted by molar-refractivity contribution is 6.81. The van der Waals surface area contributed by atoms with E-state index in [9.17, 15) is 13.2 Å². The molecule has 2 radical (unpaired) electrons. The van der Waals surface area contributed by atoms with Gasteiger partial charge in [0.2, 0.25) is 0 Å². The summed E-state index contributed by atoms with van der Waals surface area (Å²) < 4.78 is 43.2. The minimum Gasteiger partial charge on any atom is -0.414 e. The Morgan fingerprint density at radius 2 is 1.38 bits per heavy atom. The average Bonchev–Trinajstić information content (AvgIpc) is 1.72. The van der Waals surface area contributed by atoms with Crippen molar-refractivity contribution in [1.29, 1.82) is 0 Å². The molecule has 1 nitrogen and oxygen atoms in total. The third-order valence-corrected chi connectivity index (χ3v) is 6.22. The number of rotatable bonds is 4. The van der Waals surface area contributed by atoms with Gasteiger partial charge in [-0.05, 0) is 26.6 Å². The maximum Gasteiger partial charge on any atom is 0.391 e. The van der Waals surface area contributed by atoms with Crippen LogP contribution in [0.25, 0.3) is 0 Å². The van der Waals surface area contributed by atoms with Crippen LogP contribution in [0.15, 0.2) is 0 Å². The smallest absolute Gasteiger partial charge is 0.391 e. The first kappa shape index (κ1) is 16.2. The highest BCUT2D eigenvalue weighted by Gasteiger charge is 2.50. The predicted octanol–water partition coefficient (Wildman–Crippen LogP) is 4.12. The van der Waals surface area contributed by atoms with Gasteiger partial charge in [0, 0.05) is 0 Å². The first-order valence-electron chi connectivity index (χ1n) is 5.22. The van der Waals surface area contributed by atoms with Crippen LogP contribution in [0.3, 0.4) is 0 Å². The molecule has 0 saturated carbocycles. The van der Waals surface area contributed by atoms with Crippen LogP contribution in [-0.2, 0) is 4.43 Å². The second-order valence-electron chi connectivity index (χ2n) is 6.15. The predicted molar refractivity (Wildman–Crippen MR) is 65.5 cm³/mol. The number of halogens is 3. The molecule has 1 unspecified atom stereocenters. The molecule has 6 heteroatoms. The van der Waals surface area contributed by atoms with Gasteiger partial charge in [-0.3, -0.25) is 0 Å². The van der Waals surface area contributed by atoms with E-state index in [0.717, 1.165) is 0 Å². The molecule has 1 atom stereocenters. The Bertz CT molecular complexity index is 222. The van der Waals surface area contributed by atoms with E-state index in [1.165, 1.54) is 0 Å². The average molecular weight is 270 g/mol. The number of hydrogen-bond donors (Lipinski definition) is 0. The molecule has 0 aromatic carbocycles. The molecule has 0 aliphatic rings. The lowest BCUT2D eigenvalue weighted by atomic mass is 10.3. The van der Waals surface area contributed by atoms with Crippen LogP contribution in [0.4, 0.5) is 13.2 Å². The van der Waals surface area contributed by atoms with Crippen LogP contribution >= 0.6 is 0 Å². The molecule has 0 aliphatic carbocycles. The van der Waals surface area contributed by atoms with Crippen molar-refractivity contribution in [3.63, 3.8) is 0 Å². The van der Waals surface area contributed by atoms with Gasteiger partial charge in [-0.1, -0.05) is 19.6 Å². The Labute approximate surface area is 98.5 Å². The molecule has 0 aromatic heterocycles. The van der Waals surface area contributed by atoms with Gasteiger partial charge in [0.25, 0.3) is 0 Å². The van der Waals surface area contributed by atoms with E-state index in [2.05, 4.69) is 0 Å². The topological polar surface area (TPSA) is 9.23 Å². The molecule has 0 saturated heterocycles. The standard InChI is InChI=1S/C10H21F3OSi2/c1-9(15(2,3)4,8-10(11,12)13)14-16(5,6)7/h1H,8H2,2-7H3. The van der Waals surface area contributed by atoms with E-state index in [-0.39, 0.29) is 0 Å². The zero-order valence-corrected chi connectivity index (χ0v) is 12.8. The molecule has 0 aromatic rings. The zero-order valence-electron chi connectivity index (χ0n) is 10.8. The quantitative estimate of drug-likeness (QED) is 0.698. The summed E-state index contributed by atoms with van der Waals surface area (Å²) in [6.45, 7) is 16.9. The first-order chi connectivity index (χ1) is 6.66. The zero-order chi connectivity index (χ0) is 13.4. The molecule has 0 spiro atoms. The lowest BCUT2D eigenvalue weighted by Gasteiger charge is -2.44. The lowest BCUT2D eigenvalue weighted by Crippen LogP contribution is -2.58. The summed E-state index contributed by atoms with van der Waals surface area (Å²) in [6.07, 6.45) is -5.34. The van der Waals surface area contributed by atoms with Crippen molar-refractivity contribution in [3.05, 3.63) is 6.92 Å². The Morgan fingerprint density at radius 3 is 1.56 bits per heavy atom. The SMILES string of the molecule is [CH]C(CC(F)(F)F)(O[Si](C)(C)C)[Si](C)(C)C. The van der Waals surface area contributed by atoms with E-state index in [1.807, 2.05) is 19.6 Å². The molecule has 96 valence electrons. The summed E-state index contributed by atoms with van der Waals surface area (Å²) in [5.74, 6) is 0. The molecular formula is C10H21F3OSi2. The molecule has 0 aliphatic heterocycles. The fourth-order valence-corrected chi connectivity index (χ4v) is 5.34. The summed E-state index contributed by atoms with van der Waals surface area (Å²) >= 11 is 0. The van der Waals surface area contributed by atoms with E-state index in [4.69, 9.17) is 11.3 Å². The highest BCUT2D eigenvalue weighted by Crippen LogP contribution is 2.37. The van der Waals surface area contributed by atoms with Gasteiger partial charge in [0.05, 0.1) is 19.7 Å². The molecule has 0 fully saturated rings. The van der Waals surface area contributed by atoms with E-state index < -0.39 is 34.2 Å². The van der Waals surface area contributed by atoms with Crippen LogP contribution in [0.2, 0.25) is 39.3 Å². The highest BCUT2D eigenvalue weighted by atomic mass is 28.4. The first-order valence-corrected chi connectivity index (χ1v) is 12.1. The van der Waals surface area contributed by atoms with Gasteiger partial charge in [-0.25, -0.2) is 0 Å². The Hall–Kier alpha value is 0.184. The minimum absolute atomic E-state index is 1.06. The molecular weight excluding hydrogens is 249 g/mol. The van der Waals surface area contributed by atoms with Gasteiger partial charge in [-0.2, -0.15) is 13.2 Å². The molecule has 16 heavy (non-hydrogen) atoms. The molecule has 0 rings (SSSR count). The number of alkyl halides is 3. The van der Waals surface area contributed by atoms with Gasteiger partial charge >= 0.3 is 6.18 Å². The summed E-state index contributed by atoms with van der Waals surface area (Å²) in [6, 6.07) is 0. The van der Waals surface area contributed by atoms with E-state index in [1.54, 1.807) is 19.6 Å². The summed E-state index contributed by atoms with van der Waals surface area (Å²) in [7, 11) is -4.35. The van der Waals surface area contributed by atoms with Gasteiger partial charge in [-0.15, -0.1) is 0 Å². The molecule has 0 bridgehead atoms. The van der Waals surface area contributed by atoms with E-state index in [0.29, 0.717) is 0 Å². The molecule has 0 amide bonds. The van der Waals surface area contributed by atoms with Crippen molar-refractivity contribution >= 4 is 16.4 Å². The van der Waals surface area contributed by atoms with Crippen LogP contribution < -0.4 is 0 Å². The third-order valence-electron chi connectivity index (χ3n) is 2.22. The second-order valence-corrected chi connectivity index (χ2v) is 15.9. The Balaban J connectivity index is 5.07. The van der Waals surface area contributed by atoms with Gasteiger partial charge in [0.15, 0.2) is 8.32 Å². The van der Waals surface area contributed by atoms with Crippen LogP contribution in [0.1, 0.15) is 6.42 Å². The van der Waals surface area contributed by atoms with Crippen molar-refractivity contribution in [1.82, 2.24) is 0 Å². The third kappa shape index (κ3) is 5.49. The van der Waals surface area contributed by atoms with Crippen LogP contribution in [0.5, 0.6) is 0 Å². The minimum atomic E-state index is -4.28. The maximum absolute atomic E-state index is 12.5. The van der Waals surface area contributed by atoms with E-state index >= 15 is 0 Å². The summed E-state index contributed by atoms with van der Waals surface area (Å²) in [5.41, 5.74) is 0. The van der Waals surface area contributed by atoms with Crippen LogP contribution in [0, 0.1) is 6.92 Å². The van der Waals surface area contributed by atoms with Crippen molar-refractivity contribution in [2.75, 3.05) is 0 Å². The Morgan fingerprint density at radius 1 is 1.00 bits per heavy atom. The fourth-order valence-electron chi connectivity index (χ4n) is 1.30. The molecule has 0 N–H and O–H groups in total. The fraction of sp³-hybridized carbons (Fsp3) is 0.900. The van der Waals surface area contributed by atoms with Crippen molar-refractivity contribution in [2.45, 2.75) is 57.1 Å². The van der Waals surface area contributed by atoms with Gasteiger partial charge < -0.3 is 4.43 Å². The Kier molecular flexibility index (Phi) is 4.51. The second kappa shape index (κ2) is 4.46. The van der Waals surface area contributed by atoms with Crippen molar-refractivity contribution in [2.24, 2.45) is 0 Å². The van der Waals surface area contributed by atoms with Gasteiger partial charge in [0.1, 0.15) is 0 Å². The summed E-state index contributed by atoms with van der Waals surface area (Å²) in [4.78, 5) is 0.